The summed E-state index contributed by atoms with van der Waals surface area (Å²) in [4.78, 5) is 17.2. The van der Waals surface area contributed by atoms with Gasteiger partial charge in [-0.15, -0.1) is 11.3 Å². The highest BCUT2D eigenvalue weighted by molar-refractivity contribution is 7.15. The number of rotatable bonds is 4. The van der Waals surface area contributed by atoms with E-state index in [1.807, 2.05) is 30.3 Å². The van der Waals surface area contributed by atoms with Crippen LogP contribution in [0.2, 0.25) is 0 Å². The van der Waals surface area contributed by atoms with E-state index in [0.717, 1.165) is 0 Å². The minimum Gasteiger partial charge on any atom is -0.465 e. The molecule has 2 aromatic heterocycles. The largest absolute Gasteiger partial charge is 0.465 e. The van der Waals surface area contributed by atoms with Gasteiger partial charge in [-0.3, -0.25) is 4.79 Å². The number of carbonyl (C=O) groups excluding carboxylic acids is 1. The van der Waals surface area contributed by atoms with E-state index in [9.17, 15) is 10.1 Å². The number of thiazole rings is 1. The van der Waals surface area contributed by atoms with Crippen LogP contribution in [-0.4, -0.2) is 10.9 Å². The van der Waals surface area contributed by atoms with Crippen LogP contribution in [0.5, 0.6) is 0 Å². The average Bonchev–Trinajstić information content (AvgIpc) is 3.23. The summed E-state index contributed by atoms with van der Waals surface area (Å²) in [7, 11) is 0. The Morgan fingerprint density at radius 2 is 2.08 bits per heavy atom. The minimum absolute atomic E-state index is 0.238. The van der Waals surface area contributed by atoms with Gasteiger partial charge in [0.15, 0.2) is 0 Å². The van der Waals surface area contributed by atoms with Crippen LogP contribution in [-0.2, 0) is 0 Å². The summed E-state index contributed by atoms with van der Waals surface area (Å²) in [6.45, 7) is 1.75. The van der Waals surface area contributed by atoms with E-state index in [-0.39, 0.29) is 5.91 Å². The molecule has 118 valence electrons. The highest BCUT2D eigenvalue weighted by Gasteiger charge is 2.17. The van der Waals surface area contributed by atoms with Crippen molar-refractivity contribution in [2.24, 2.45) is 0 Å². The highest BCUT2D eigenvalue weighted by atomic mass is 32.1. The normalized spacial score (nSPS) is 11.1. The van der Waals surface area contributed by atoms with Crippen molar-refractivity contribution in [3.8, 4) is 6.07 Å². The third-order valence-electron chi connectivity index (χ3n) is 3.22. The molecule has 5 nitrogen and oxygen atoms in total. The Morgan fingerprint density at radius 3 is 2.75 bits per heavy atom. The van der Waals surface area contributed by atoms with Gasteiger partial charge in [0.2, 0.25) is 0 Å². The van der Waals surface area contributed by atoms with Gasteiger partial charge in [0.1, 0.15) is 21.7 Å². The molecule has 3 aromatic rings. The molecule has 0 saturated carbocycles. The van der Waals surface area contributed by atoms with Crippen molar-refractivity contribution in [1.82, 2.24) is 4.98 Å². The van der Waals surface area contributed by atoms with Crippen molar-refractivity contribution in [3.63, 3.8) is 0 Å². The fraction of sp³-hybridized carbons (Fsp3) is 0.0556. The summed E-state index contributed by atoms with van der Waals surface area (Å²) in [5.74, 6) is 0.326. The number of hydrogen-bond acceptors (Lipinski definition) is 5. The van der Waals surface area contributed by atoms with Crippen LogP contribution < -0.4 is 5.32 Å². The van der Waals surface area contributed by atoms with Crippen LogP contribution in [0.15, 0.2) is 53.1 Å². The van der Waals surface area contributed by atoms with Crippen molar-refractivity contribution in [2.45, 2.75) is 6.92 Å². The lowest BCUT2D eigenvalue weighted by Crippen LogP contribution is -2.11. The van der Waals surface area contributed by atoms with Crippen LogP contribution in [0, 0.1) is 18.3 Å². The van der Waals surface area contributed by atoms with Crippen molar-refractivity contribution < 1.29 is 9.21 Å². The number of carbonyl (C=O) groups is 1. The van der Waals surface area contributed by atoms with Gasteiger partial charge in [-0.2, -0.15) is 5.26 Å². The molecule has 0 saturated heterocycles. The van der Waals surface area contributed by atoms with E-state index in [2.05, 4.69) is 16.4 Å². The smallest absolute Gasteiger partial charge is 0.267 e. The van der Waals surface area contributed by atoms with Gasteiger partial charge in [-0.05, 0) is 31.2 Å². The number of benzene rings is 1. The average molecular weight is 335 g/mol. The van der Waals surface area contributed by atoms with Crippen molar-refractivity contribution in [1.29, 1.82) is 5.26 Å². The monoisotopic (exact) mass is 335 g/mol. The summed E-state index contributed by atoms with van der Waals surface area (Å²) in [6, 6.07) is 14.8. The molecule has 1 N–H and O–H groups in total. The van der Waals surface area contributed by atoms with Gasteiger partial charge in [-0.1, -0.05) is 18.2 Å². The molecule has 0 fully saturated rings. The molecule has 0 radical (unpaired) electrons. The van der Waals surface area contributed by atoms with Gasteiger partial charge in [-0.25, -0.2) is 4.98 Å². The van der Waals surface area contributed by atoms with Crippen molar-refractivity contribution >= 4 is 34.6 Å². The lowest BCUT2D eigenvalue weighted by molar-refractivity contribution is 0.103. The lowest BCUT2D eigenvalue weighted by Gasteiger charge is -2.02. The van der Waals surface area contributed by atoms with Gasteiger partial charge < -0.3 is 9.73 Å². The number of allylic oxidation sites excluding steroid dienone is 1. The second kappa shape index (κ2) is 6.94. The molecule has 3 rings (SSSR count). The molecule has 2 heterocycles. The zero-order valence-electron chi connectivity index (χ0n) is 12.8. The molecule has 0 aliphatic rings. The highest BCUT2D eigenvalue weighted by Crippen LogP contribution is 2.26. The number of nitrogens with zero attached hydrogens (tertiary/aromatic N) is 2. The second-order valence-corrected chi connectivity index (χ2v) is 5.94. The Kier molecular flexibility index (Phi) is 4.54. The number of aryl methyl sites for hydroxylation is 1. The van der Waals surface area contributed by atoms with Crippen LogP contribution in [0.25, 0.3) is 11.6 Å². The molecule has 0 atom stereocenters. The first-order valence-corrected chi connectivity index (χ1v) is 7.98. The van der Waals surface area contributed by atoms with Gasteiger partial charge in [0.05, 0.1) is 17.5 Å². The van der Waals surface area contributed by atoms with Crippen molar-refractivity contribution in [2.75, 3.05) is 5.32 Å². The minimum atomic E-state index is -0.238. The molecule has 1 aromatic carbocycles. The summed E-state index contributed by atoms with van der Waals surface area (Å²) in [5, 5.41) is 12.7. The van der Waals surface area contributed by atoms with Crippen LogP contribution in [0.1, 0.15) is 26.1 Å². The molecule has 0 bridgehead atoms. The predicted molar refractivity (Wildman–Crippen MR) is 93.4 cm³/mol. The molecule has 1 amide bonds. The predicted octanol–water partition coefficient (Wildman–Crippen LogP) is 4.36. The number of para-hydroxylation sites is 1. The molecule has 0 aliphatic carbocycles. The first kappa shape index (κ1) is 15.7. The third-order valence-corrected chi connectivity index (χ3v) is 4.40. The Bertz CT molecular complexity index is 919. The number of aromatic nitrogens is 1. The fourth-order valence-corrected chi connectivity index (χ4v) is 3.02. The number of anilines is 1. The van der Waals surface area contributed by atoms with E-state index in [0.29, 0.717) is 32.6 Å². The Morgan fingerprint density at radius 1 is 1.29 bits per heavy atom. The maximum Gasteiger partial charge on any atom is 0.267 e. The number of nitrogens with one attached hydrogen (secondary N) is 1. The summed E-state index contributed by atoms with van der Waals surface area (Å²) in [5.41, 5.74) is 1.66. The molecule has 24 heavy (non-hydrogen) atoms. The summed E-state index contributed by atoms with van der Waals surface area (Å²) >= 11 is 1.19. The summed E-state index contributed by atoms with van der Waals surface area (Å²) < 4.78 is 5.22. The zero-order valence-corrected chi connectivity index (χ0v) is 13.6. The number of hydrogen-bond donors (Lipinski definition) is 1. The standard InChI is InChI=1S/C18H13N3O2S/c1-12-16(17(22)21-14-6-3-2-4-7-14)24-18(20-12)13(11-19)10-15-8-5-9-23-15/h2-10H,1H3,(H,21,22). The zero-order chi connectivity index (χ0) is 16.9. The van der Waals surface area contributed by atoms with E-state index in [1.165, 1.54) is 17.6 Å². The Balaban J connectivity index is 1.87. The molecular weight excluding hydrogens is 322 g/mol. The Labute approximate surface area is 142 Å². The molecule has 6 heteroatoms. The van der Waals surface area contributed by atoms with E-state index in [1.54, 1.807) is 25.1 Å². The van der Waals surface area contributed by atoms with E-state index < -0.39 is 0 Å². The second-order valence-electron chi connectivity index (χ2n) is 4.94. The summed E-state index contributed by atoms with van der Waals surface area (Å²) in [6.07, 6.45) is 3.14. The van der Waals surface area contributed by atoms with E-state index >= 15 is 0 Å². The molecule has 0 aliphatic heterocycles. The van der Waals surface area contributed by atoms with Crippen LogP contribution in [0.3, 0.4) is 0 Å². The first-order chi connectivity index (χ1) is 11.7. The maximum atomic E-state index is 12.4. The quantitative estimate of drug-likeness (QED) is 0.718. The van der Waals surface area contributed by atoms with Crippen LogP contribution in [0.4, 0.5) is 5.69 Å². The lowest BCUT2D eigenvalue weighted by atomic mass is 10.2. The fourth-order valence-electron chi connectivity index (χ4n) is 2.09. The maximum absolute atomic E-state index is 12.4. The van der Waals surface area contributed by atoms with E-state index in [4.69, 9.17) is 4.42 Å². The van der Waals surface area contributed by atoms with Crippen LogP contribution >= 0.6 is 11.3 Å². The molecule has 0 unspecified atom stereocenters. The third kappa shape index (κ3) is 3.42. The van der Waals surface area contributed by atoms with Gasteiger partial charge in [0, 0.05) is 11.8 Å². The number of amides is 1. The number of nitriles is 1. The first-order valence-electron chi connectivity index (χ1n) is 7.17. The molecule has 0 spiro atoms. The Hall–Kier alpha value is -3.17. The SMILES string of the molecule is Cc1nc(C(C#N)=Cc2ccco2)sc1C(=O)Nc1ccccc1. The van der Waals surface area contributed by atoms with Crippen molar-refractivity contribution in [3.05, 3.63) is 70.1 Å². The topological polar surface area (TPSA) is 78.9 Å². The van der Waals surface area contributed by atoms with Gasteiger partial charge in [0.25, 0.3) is 5.91 Å². The molecular formula is C18H13N3O2S. The van der Waals surface area contributed by atoms with Gasteiger partial charge >= 0.3 is 0 Å². The number of furan rings is 1.